The first-order chi connectivity index (χ1) is 5.43. The molecule has 0 saturated heterocycles. The number of aromatic nitrogens is 1. The van der Waals surface area contributed by atoms with Crippen LogP contribution in [0.4, 0.5) is 17.6 Å². The van der Waals surface area contributed by atoms with Crippen LogP contribution in [0.3, 0.4) is 0 Å². The molecule has 66 valence electrons. The van der Waals surface area contributed by atoms with Crippen LogP contribution in [0.1, 0.15) is 11.3 Å². The van der Waals surface area contributed by atoms with E-state index in [-0.39, 0.29) is 5.56 Å². The molecule has 0 spiro atoms. The van der Waals surface area contributed by atoms with E-state index in [9.17, 15) is 17.6 Å². The van der Waals surface area contributed by atoms with Crippen LogP contribution in [0, 0.1) is 12.7 Å². The normalized spacial score (nSPS) is 11.8. The number of halogens is 4. The number of alkyl halides is 3. The lowest BCUT2D eigenvalue weighted by molar-refractivity contribution is -0.143. The fourth-order valence-corrected chi connectivity index (χ4v) is 0.738. The highest BCUT2D eigenvalue weighted by atomic mass is 19.4. The van der Waals surface area contributed by atoms with Crippen molar-refractivity contribution in [2.45, 2.75) is 13.1 Å². The van der Waals surface area contributed by atoms with Gasteiger partial charge in [0.1, 0.15) is 0 Å². The van der Waals surface area contributed by atoms with Crippen molar-refractivity contribution in [3.8, 4) is 0 Å². The number of aryl methyl sites for hydroxylation is 1. The van der Waals surface area contributed by atoms with Crippen molar-refractivity contribution in [2.75, 3.05) is 0 Å². The first kappa shape index (κ1) is 8.96. The minimum Gasteiger partial charge on any atom is -0.249 e. The largest absolute Gasteiger partial charge is 0.436 e. The lowest BCUT2D eigenvalue weighted by Gasteiger charge is -2.06. The molecule has 1 rings (SSSR count). The Bertz CT molecular complexity index is 292. The molecule has 0 unspecified atom stereocenters. The van der Waals surface area contributed by atoms with Gasteiger partial charge < -0.3 is 0 Å². The Morgan fingerprint density at radius 3 is 2.33 bits per heavy atom. The summed E-state index contributed by atoms with van der Waals surface area (Å²) in [5, 5.41) is 0. The Hall–Kier alpha value is -1.13. The summed E-state index contributed by atoms with van der Waals surface area (Å²) in [5.74, 6) is -1.30. The Morgan fingerprint density at radius 1 is 1.33 bits per heavy atom. The standard InChI is InChI=1S/C7H5F4N/c1-4-2-3-12-6(5(4)8)7(9,10)11/h2-3H,1H3. The maximum absolute atomic E-state index is 12.7. The van der Waals surface area contributed by atoms with Crippen molar-refractivity contribution in [3.63, 3.8) is 0 Å². The van der Waals surface area contributed by atoms with Crippen molar-refractivity contribution < 1.29 is 17.6 Å². The molecule has 0 aliphatic carbocycles. The van der Waals surface area contributed by atoms with Crippen molar-refractivity contribution in [1.82, 2.24) is 4.98 Å². The zero-order valence-electron chi connectivity index (χ0n) is 6.11. The van der Waals surface area contributed by atoms with Gasteiger partial charge in [-0.25, -0.2) is 9.37 Å². The van der Waals surface area contributed by atoms with Crippen LogP contribution in [-0.4, -0.2) is 4.98 Å². The van der Waals surface area contributed by atoms with Crippen LogP contribution in [0.2, 0.25) is 0 Å². The van der Waals surface area contributed by atoms with Crippen molar-refractivity contribution in [3.05, 3.63) is 29.3 Å². The van der Waals surface area contributed by atoms with Gasteiger partial charge >= 0.3 is 6.18 Å². The van der Waals surface area contributed by atoms with E-state index in [1.54, 1.807) is 0 Å². The van der Waals surface area contributed by atoms with Gasteiger partial charge in [0.2, 0.25) is 0 Å². The molecule has 0 amide bonds. The molecule has 0 N–H and O–H groups in total. The highest BCUT2D eigenvalue weighted by Gasteiger charge is 2.36. The molecular weight excluding hydrogens is 174 g/mol. The zero-order chi connectivity index (χ0) is 9.35. The van der Waals surface area contributed by atoms with Gasteiger partial charge in [0.05, 0.1) is 0 Å². The average Bonchev–Trinajstić information content (AvgIpc) is 1.92. The van der Waals surface area contributed by atoms with Crippen LogP contribution >= 0.6 is 0 Å². The van der Waals surface area contributed by atoms with Crippen molar-refractivity contribution in [1.29, 1.82) is 0 Å². The molecule has 1 nitrogen and oxygen atoms in total. The maximum Gasteiger partial charge on any atom is 0.436 e. The predicted molar refractivity (Wildman–Crippen MR) is 33.9 cm³/mol. The Kier molecular flexibility index (Phi) is 2.04. The first-order valence-electron chi connectivity index (χ1n) is 3.11. The van der Waals surface area contributed by atoms with E-state index >= 15 is 0 Å². The topological polar surface area (TPSA) is 12.9 Å². The van der Waals surface area contributed by atoms with Gasteiger partial charge in [-0.2, -0.15) is 13.2 Å². The molecule has 12 heavy (non-hydrogen) atoms. The second-order valence-electron chi connectivity index (χ2n) is 2.29. The number of nitrogens with zero attached hydrogens (tertiary/aromatic N) is 1. The average molecular weight is 179 g/mol. The summed E-state index contributed by atoms with van der Waals surface area (Å²) in [6.07, 6.45) is -3.78. The third-order valence-electron chi connectivity index (χ3n) is 1.35. The van der Waals surface area contributed by atoms with E-state index in [0.29, 0.717) is 0 Å². The second-order valence-corrected chi connectivity index (χ2v) is 2.29. The molecule has 0 bridgehead atoms. The molecule has 0 aliphatic heterocycles. The molecule has 0 atom stereocenters. The minimum absolute atomic E-state index is 0.0580. The number of rotatable bonds is 0. The molecular formula is C7H5F4N. The molecule has 0 fully saturated rings. The monoisotopic (exact) mass is 179 g/mol. The quantitative estimate of drug-likeness (QED) is 0.557. The number of hydrogen-bond acceptors (Lipinski definition) is 1. The fourth-order valence-electron chi connectivity index (χ4n) is 0.738. The number of hydrogen-bond donors (Lipinski definition) is 0. The Labute approximate surface area is 66.0 Å². The van der Waals surface area contributed by atoms with E-state index in [4.69, 9.17) is 0 Å². The molecule has 0 radical (unpaired) electrons. The van der Waals surface area contributed by atoms with E-state index in [1.807, 2.05) is 0 Å². The second kappa shape index (κ2) is 2.73. The zero-order valence-corrected chi connectivity index (χ0v) is 6.11. The minimum atomic E-state index is -4.71. The van der Waals surface area contributed by atoms with E-state index in [2.05, 4.69) is 4.98 Å². The lowest BCUT2D eigenvalue weighted by atomic mass is 10.2. The molecule has 0 aromatic carbocycles. The Morgan fingerprint density at radius 2 is 1.92 bits per heavy atom. The molecule has 0 saturated carbocycles. The Balaban J connectivity index is 3.26. The summed E-state index contributed by atoms with van der Waals surface area (Å²) in [7, 11) is 0. The van der Waals surface area contributed by atoms with E-state index in [0.717, 1.165) is 6.20 Å². The van der Waals surface area contributed by atoms with Crippen LogP contribution in [0.25, 0.3) is 0 Å². The highest BCUT2D eigenvalue weighted by molar-refractivity contribution is 5.19. The predicted octanol–water partition coefficient (Wildman–Crippen LogP) is 2.55. The summed E-state index contributed by atoms with van der Waals surface area (Å²) in [6, 6.07) is 1.19. The van der Waals surface area contributed by atoms with Gasteiger partial charge in [0, 0.05) is 6.20 Å². The van der Waals surface area contributed by atoms with Crippen LogP contribution < -0.4 is 0 Å². The summed E-state index contributed by atoms with van der Waals surface area (Å²) in [6.45, 7) is 1.26. The third kappa shape index (κ3) is 1.54. The van der Waals surface area contributed by atoms with Crippen LogP contribution in [0.5, 0.6) is 0 Å². The van der Waals surface area contributed by atoms with Crippen LogP contribution in [0.15, 0.2) is 12.3 Å². The lowest BCUT2D eigenvalue weighted by Crippen LogP contribution is -2.11. The van der Waals surface area contributed by atoms with Gasteiger partial charge in [0.25, 0.3) is 0 Å². The highest BCUT2D eigenvalue weighted by Crippen LogP contribution is 2.30. The smallest absolute Gasteiger partial charge is 0.249 e. The molecule has 5 heteroatoms. The number of pyridine rings is 1. The summed E-state index contributed by atoms with van der Waals surface area (Å²) < 4.78 is 48.5. The SMILES string of the molecule is Cc1ccnc(C(F)(F)F)c1F. The first-order valence-corrected chi connectivity index (χ1v) is 3.11. The maximum atomic E-state index is 12.7. The van der Waals surface area contributed by atoms with E-state index < -0.39 is 17.7 Å². The van der Waals surface area contributed by atoms with Gasteiger partial charge in [-0.05, 0) is 18.6 Å². The molecule has 1 heterocycles. The summed E-state index contributed by atoms with van der Waals surface area (Å²) in [5.41, 5.74) is -1.51. The molecule has 1 aromatic heterocycles. The van der Waals surface area contributed by atoms with Crippen LogP contribution in [-0.2, 0) is 6.18 Å². The fraction of sp³-hybridized carbons (Fsp3) is 0.286. The molecule has 0 aliphatic rings. The van der Waals surface area contributed by atoms with Gasteiger partial charge in [-0.3, -0.25) is 0 Å². The van der Waals surface area contributed by atoms with Gasteiger partial charge in [-0.15, -0.1) is 0 Å². The van der Waals surface area contributed by atoms with Crippen molar-refractivity contribution >= 4 is 0 Å². The summed E-state index contributed by atoms with van der Waals surface area (Å²) >= 11 is 0. The molecule has 1 aromatic rings. The third-order valence-corrected chi connectivity index (χ3v) is 1.35. The van der Waals surface area contributed by atoms with Gasteiger partial charge in [0.15, 0.2) is 11.5 Å². The van der Waals surface area contributed by atoms with Gasteiger partial charge in [-0.1, -0.05) is 0 Å². The van der Waals surface area contributed by atoms with Crippen molar-refractivity contribution in [2.24, 2.45) is 0 Å². The summed E-state index contributed by atoms with van der Waals surface area (Å²) in [4.78, 5) is 2.91. The van der Waals surface area contributed by atoms with E-state index in [1.165, 1.54) is 13.0 Å².